The average Bonchev–Trinajstić information content (AvgIpc) is 2.17. The van der Waals surface area contributed by atoms with Gasteiger partial charge in [0.2, 0.25) is 5.91 Å². The molecular formula is C12H23NO. The highest BCUT2D eigenvalue weighted by atomic mass is 16.2. The van der Waals surface area contributed by atoms with Gasteiger partial charge in [-0.05, 0) is 19.3 Å². The Morgan fingerprint density at radius 3 is 1.93 bits per heavy atom. The van der Waals surface area contributed by atoms with E-state index in [0.29, 0.717) is 0 Å². The van der Waals surface area contributed by atoms with E-state index in [1.807, 2.05) is 4.90 Å². The van der Waals surface area contributed by atoms with Crippen LogP contribution in [0.5, 0.6) is 0 Å². The van der Waals surface area contributed by atoms with Gasteiger partial charge in [0.15, 0.2) is 0 Å². The van der Waals surface area contributed by atoms with Gasteiger partial charge in [0.1, 0.15) is 0 Å². The smallest absolute Gasteiger partial charge is 0.249 e. The zero-order valence-corrected chi connectivity index (χ0v) is 9.81. The summed E-state index contributed by atoms with van der Waals surface area (Å²) in [6.07, 6.45) is 3.86. The second-order valence-electron chi connectivity index (χ2n) is 3.65. The van der Waals surface area contributed by atoms with E-state index in [4.69, 9.17) is 0 Å². The molecule has 0 aromatic rings. The van der Waals surface area contributed by atoms with E-state index in [1.165, 1.54) is 0 Å². The number of amides is 1. The molecule has 0 heterocycles. The molecule has 0 saturated heterocycles. The fourth-order valence-corrected chi connectivity index (χ4v) is 1.49. The maximum atomic E-state index is 11.8. The van der Waals surface area contributed by atoms with Gasteiger partial charge >= 0.3 is 0 Å². The van der Waals surface area contributed by atoms with Gasteiger partial charge in [0, 0.05) is 18.7 Å². The molecular weight excluding hydrogens is 174 g/mol. The van der Waals surface area contributed by atoms with Crippen molar-refractivity contribution >= 4 is 5.91 Å². The Bertz CT molecular complexity index is 181. The maximum Gasteiger partial charge on any atom is 0.249 e. The highest BCUT2D eigenvalue weighted by molar-refractivity contribution is 5.92. The summed E-state index contributed by atoms with van der Waals surface area (Å²) < 4.78 is 0. The summed E-state index contributed by atoms with van der Waals surface area (Å²) in [7, 11) is 0. The van der Waals surface area contributed by atoms with Crippen molar-refractivity contribution in [2.24, 2.45) is 0 Å². The molecule has 14 heavy (non-hydrogen) atoms. The molecule has 0 atom stereocenters. The standard InChI is InChI=1S/C12H23NO/c1-5-8-11(4)12(14)13(9-6-2)10-7-3/h4-10H2,1-3H3. The third-order valence-corrected chi connectivity index (χ3v) is 2.13. The summed E-state index contributed by atoms with van der Waals surface area (Å²) >= 11 is 0. The second-order valence-corrected chi connectivity index (χ2v) is 3.65. The van der Waals surface area contributed by atoms with Gasteiger partial charge in [-0.15, -0.1) is 0 Å². The Balaban J connectivity index is 4.19. The molecule has 0 bridgehead atoms. The van der Waals surface area contributed by atoms with Crippen LogP contribution in [-0.4, -0.2) is 23.9 Å². The fraction of sp³-hybridized carbons (Fsp3) is 0.750. The number of nitrogens with zero attached hydrogens (tertiary/aromatic N) is 1. The fourth-order valence-electron chi connectivity index (χ4n) is 1.49. The number of rotatable bonds is 7. The first kappa shape index (κ1) is 13.2. The van der Waals surface area contributed by atoms with Crippen LogP contribution >= 0.6 is 0 Å². The van der Waals surface area contributed by atoms with Crippen molar-refractivity contribution in [1.82, 2.24) is 4.90 Å². The lowest BCUT2D eigenvalue weighted by molar-refractivity contribution is -0.127. The summed E-state index contributed by atoms with van der Waals surface area (Å²) in [5.74, 6) is 0.149. The third kappa shape index (κ3) is 4.45. The first-order valence-corrected chi connectivity index (χ1v) is 5.64. The molecule has 2 nitrogen and oxygen atoms in total. The molecule has 82 valence electrons. The lowest BCUT2D eigenvalue weighted by atomic mass is 10.1. The van der Waals surface area contributed by atoms with Crippen molar-refractivity contribution in [2.45, 2.75) is 46.5 Å². The summed E-state index contributed by atoms with van der Waals surface area (Å²) in [5, 5.41) is 0. The third-order valence-electron chi connectivity index (χ3n) is 2.13. The highest BCUT2D eigenvalue weighted by Gasteiger charge is 2.13. The van der Waals surface area contributed by atoms with Crippen LogP contribution in [0.1, 0.15) is 46.5 Å². The van der Waals surface area contributed by atoms with E-state index in [1.54, 1.807) is 0 Å². The Morgan fingerprint density at radius 2 is 1.57 bits per heavy atom. The molecule has 0 N–H and O–H groups in total. The molecule has 1 amide bonds. The van der Waals surface area contributed by atoms with Gasteiger partial charge in [0.25, 0.3) is 0 Å². The first-order chi connectivity index (χ1) is 6.67. The van der Waals surface area contributed by atoms with Crippen molar-refractivity contribution in [3.05, 3.63) is 12.2 Å². The van der Waals surface area contributed by atoms with E-state index < -0.39 is 0 Å². The van der Waals surface area contributed by atoms with Crippen LogP contribution < -0.4 is 0 Å². The summed E-state index contributed by atoms with van der Waals surface area (Å²) in [5.41, 5.74) is 0.759. The lowest BCUT2D eigenvalue weighted by Crippen LogP contribution is -2.33. The van der Waals surface area contributed by atoms with Crippen molar-refractivity contribution in [3.8, 4) is 0 Å². The molecule has 0 aliphatic heterocycles. The minimum atomic E-state index is 0.149. The average molecular weight is 197 g/mol. The van der Waals surface area contributed by atoms with Gasteiger partial charge in [-0.3, -0.25) is 4.79 Å². The van der Waals surface area contributed by atoms with Crippen LogP contribution in [-0.2, 0) is 4.79 Å². The maximum absolute atomic E-state index is 11.8. The number of hydrogen-bond acceptors (Lipinski definition) is 1. The van der Waals surface area contributed by atoms with E-state index in [-0.39, 0.29) is 5.91 Å². The van der Waals surface area contributed by atoms with Crippen LogP contribution in [0, 0.1) is 0 Å². The molecule has 0 aliphatic rings. The zero-order valence-electron chi connectivity index (χ0n) is 9.81. The van der Waals surface area contributed by atoms with Crippen LogP contribution in [0.25, 0.3) is 0 Å². The molecule has 0 saturated carbocycles. The van der Waals surface area contributed by atoms with Crippen molar-refractivity contribution < 1.29 is 4.79 Å². The molecule has 2 heteroatoms. The zero-order chi connectivity index (χ0) is 11.0. The largest absolute Gasteiger partial charge is 0.339 e. The predicted octanol–water partition coefficient (Wildman–Crippen LogP) is 2.99. The highest BCUT2D eigenvalue weighted by Crippen LogP contribution is 2.08. The number of carbonyl (C=O) groups excluding carboxylic acids is 1. The molecule has 0 unspecified atom stereocenters. The molecule has 0 fully saturated rings. The van der Waals surface area contributed by atoms with Crippen LogP contribution in [0.2, 0.25) is 0 Å². The van der Waals surface area contributed by atoms with Crippen LogP contribution in [0.3, 0.4) is 0 Å². The van der Waals surface area contributed by atoms with Gasteiger partial charge in [-0.25, -0.2) is 0 Å². The molecule has 0 aromatic carbocycles. The molecule has 0 rings (SSSR count). The minimum Gasteiger partial charge on any atom is -0.339 e. The lowest BCUT2D eigenvalue weighted by Gasteiger charge is -2.22. The number of hydrogen-bond donors (Lipinski definition) is 0. The Kier molecular flexibility index (Phi) is 7.17. The van der Waals surface area contributed by atoms with Gasteiger partial charge in [-0.2, -0.15) is 0 Å². The topological polar surface area (TPSA) is 20.3 Å². The van der Waals surface area contributed by atoms with Gasteiger partial charge < -0.3 is 4.90 Å². The summed E-state index contributed by atoms with van der Waals surface area (Å²) in [6.45, 7) is 11.8. The molecule has 0 aromatic heterocycles. The van der Waals surface area contributed by atoms with Crippen molar-refractivity contribution in [3.63, 3.8) is 0 Å². The Hall–Kier alpha value is -0.790. The molecule has 0 radical (unpaired) electrons. The van der Waals surface area contributed by atoms with Crippen molar-refractivity contribution in [1.29, 1.82) is 0 Å². The second kappa shape index (κ2) is 7.60. The first-order valence-electron chi connectivity index (χ1n) is 5.64. The monoisotopic (exact) mass is 197 g/mol. The summed E-state index contributed by atoms with van der Waals surface area (Å²) in [6, 6.07) is 0. The van der Waals surface area contributed by atoms with Gasteiger partial charge in [0.05, 0.1) is 0 Å². The Morgan fingerprint density at radius 1 is 1.07 bits per heavy atom. The van der Waals surface area contributed by atoms with Crippen LogP contribution in [0.4, 0.5) is 0 Å². The van der Waals surface area contributed by atoms with Gasteiger partial charge in [-0.1, -0.05) is 33.8 Å². The normalized spacial score (nSPS) is 9.93. The van der Waals surface area contributed by atoms with E-state index in [0.717, 1.165) is 44.3 Å². The van der Waals surface area contributed by atoms with E-state index in [9.17, 15) is 4.79 Å². The molecule has 0 aliphatic carbocycles. The van der Waals surface area contributed by atoms with E-state index in [2.05, 4.69) is 27.4 Å². The van der Waals surface area contributed by atoms with Crippen molar-refractivity contribution in [2.75, 3.05) is 13.1 Å². The SMILES string of the molecule is C=C(CCC)C(=O)N(CCC)CCC. The van der Waals surface area contributed by atoms with E-state index >= 15 is 0 Å². The quantitative estimate of drug-likeness (QED) is 0.574. The number of carbonyl (C=O) groups is 1. The Labute approximate surface area is 88.0 Å². The predicted molar refractivity (Wildman–Crippen MR) is 61.2 cm³/mol. The molecule has 0 spiro atoms. The minimum absolute atomic E-state index is 0.149. The summed E-state index contributed by atoms with van der Waals surface area (Å²) in [4.78, 5) is 13.8. The van der Waals surface area contributed by atoms with Crippen LogP contribution in [0.15, 0.2) is 12.2 Å².